The maximum absolute atomic E-state index is 9.01. The third-order valence-electron chi connectivity index (χ3n) is 2.68. The van der Waals surface area contributed by atoms with Crippen molar-refractivity contribution in [1.82, 2.24) is 9.55 Å². The lowest BCUT2D eigenvalue weighted by Gasteiger charge is -2.10. The number of aryl methyl sites for hydroxylation is 1. The molecule has 0 amide bonds. The summed E-state index contributed by atoms with van der Waals surface area (Å²) >= 11 is 0. The lowest BCUT2D eigenvalue weighted by Crippen LogP contribution is -2.11. The summed E-state index contributed by atoms with van der Waals surface area (Å²) in [6.07, 6.45) is 7.24. The number of nitrogens with zero attached hydrogens (tertiary/aromatic N) is 2. The fourth-order valence-corrected chi connectivity index (χ4v) is 1.84. The number of aliphatic hydroxyl groups is 1. The predicted octanol–water partition coefficient (Wildman–Crippen LogP) is 0.944. The van der Waals surface area contributed by atoms with E-state index in [-0.39, 0.29) is 6.61 Å². The van der Waals surface area contributed by atoms with E-state index >= 15 is 0 Å². The maximum Gasteiger partial charge on any atom is 0.0948 e. The normalized spacial score (nSPS) is 21.6. The smallest absolute Gasteiger partial charge is 0.0948 e. The number of aromatic nitrogens is 2. The summed E-state index contributed by atoms with van der Waals surface area (Å²) in [4.78, 5) is 4.00. The van der Waals surface area contributed by atoms with E-state index in [0.717, 1.165) is 25.3 Å². The molecule has 1 aromatic heterocycles. The summed E-state index contributed by atoms with van der Waals surface area (Å²) in [7, 11) is 0. The van der Waals surface area contributed by atoms with Crippen LogP contribution in [0.2, 0.25) is 0 Å². The molecule has 0 aromatic carbocycles. The van der Waals surface area contributed by atoms with Crippen molar-refractivity contribution in [2.75, 3.05) is 6.61 Å². The van der Waals surface area contributed by atoms with E-state index in [1.54, 1.807) is 12.5 Å². The van der Waals surface area contributed by atoms with Gasteiger partial charge in [-0.3, -0.25) is 0 Å². The number of imidazole rings is 1. The van der Waals surface area contributed by atoms with E-state index in [1.165, 1.54) is 12.8 Å². The summed E-state index contributed by atoms with van der Waals surface area (Å²) in [5, 5.41) is 9.01. The second-order valence-electron chi connectivity index (χ2n) is 3.66. The van der Waals surface area contributed by atoms with E-state index in [2.05, 4.69) is 4.98 Å². The quantitative estimate of drug-likeness (QED) is 0.779. The Morgan fingerprint density at radius 3 is 3.29 bits per heavy atom. The van der Waals surface area contributed by atoms with Gasteiger partial charge in [0.2, 0.25) is 0 Å². The standard InChI is InChI=1S/C10H16N2O2/c13-7-9-6-11-8-12(9)4-3-10-2-1-5-14-10/h6,8,10,13H,1-5,7H2. The van der Waals surface area contributed by atoms with Gasteiger partial charge in [0.25, 0.3) is 0 Å². The Balaban J connectivity index is 1.84. The molecule has 78 valence electrons. The van der Waals surface area contributed by atoms with Crippen molar-refractivity contribution < 1.29 is 9.84 Å². The summed E-state index contributed by atoms with van der Waals surface area (Å²) in [6.45, 7) is 1.85. The molecule has 0 spiro atoms. The van der Waals surface area contributed by atoms with Crippen molar-refractivity contribution in [3.8, 4) is 0 Å². The van der Waals surface area contributed by atoms with E-state index in [4.69, 9.17) is 9.84 Å². The van der Waals surface area contributed by atoms with Gasteiger partial charge in [-0.15, -0.1) is 0 Å². The molecule has 1 fully saturated rings. The summed E-state index contributed by atoms with van der Waals surface area (Å²) in [6, 6.07) is 0. The zero-order valence-electron chi connectivity index (χ0n) is 8.22. The number of hydrogen-bond acceptors (Lipinski definition) is 3. The monoisotopic (exact) mass is 196 g/mol. The third kappa shape index (κ3) is 2.13. The lowest BCUT2D eigenvalue weighted by atomic mass is 10.2. The fourth-order valence-electron chi connectivity index (χ4n) is 1.84. The lowest BCUT2D eigenvalue weighted by molar-refractivity contribution is 0.0998. The van der Waals surface area contributed by atoms with Crippen LogP contribution in [0, 0.1) is 0 Å². The average molecular weight is 196 g/mol. The molecule has 1 aliphatic heterocycles. The van der Waals surface area contributed by atoms with E-state index in [9.17, 15) is 0 Å². The van der Waals surface area contributed by atoms with E-state index in [1.807, 2.05) is 4.57 Å². The first-order valence-electron chi connectivity index (χ1n) is 5.11. The molecule has 0 aliphatic carbocycles. The van der Waals surface area contributed by atoms with Gasteiger partial charge in [0.15, 0.2) is 0 Å². The van der Waals surface area contributed by atoms with Crippen LogP contribution in [-0.2, 0) is 17.9 Å². The minimum atomic E-state index is 0.0610. The van der Waals surface area contributed by atoms with Crippen LogP contribution in [0.15, 0.2) is 12.5 Å². The second-order valence-corrected chi connectivity index (χ2v) is 3.66. The van der Waals surface area contributed by atoms with Crippen LogP contribution in [0.3, 0.4) is 0 Å². The van der Waals surface area contributed by atoms with Gasteiger partial charge in [0, 0.05) is 13.2 Å². The molecule has 2 rings (SSSR count). The topological polar surface area (TPSA) is 47.3 Å². The summed E-state index contributed by atoms with van der Waals surface area (Å²) in [5.74, 6) is 0. The summed E-state index contributed by atoms with van der Waals surface area (Å²) < 4.78 is 7.52. The largest absolute Gasteiger partial charge is 0.390 e. The van der Waals surface area contributed by atoms with Gasteiger partial charge in [-0.25, -0.2) is 4.98 Å². The highest BCUT2D eigenvalue weighted by Crippen LogP contribution is 2.16. The van der Waals surface area contributed by atoms with Crippen LogP contribution in [0.1, 0.15) is 25.0 Å². The zero-order chi connectivity index (χ0) is 9.80. The van der Waals surface area contributed by atoms with Crippen molar-refractivity contribution >= 4 is 0 Å². The molecule has 1 aliphatic rings. The molecular weight excluding hydrogens is 180 g/mol. The molecule has 4 nitrogen and oxygen atoms in total. The predicted molar refractivity (Wildman–Crippen MR) is 51.7 cm³/mol. The van der Waals surface area contributed by atoms with Crippen LogP contribution in [0.4, 0.5) is 0 Å². The molecule has 1 atom stereocenters. The Labute approximate surface area is 83.5 Å². The Kier molecular flexibility index (Phi) is 3.16. The SMILES string of the molecule is OCc1cncn1CCC1CCCO1. The highest BCUT2D eigenvalue weighted by Gasteiger charge is 2.15. The number of rotatable bonds is 4. The molecule has 4 heteroatoms. The Hall–Kier alpha value is -0.870. The van der Waals surface area contributed by atoms with Gasteiger partial charge < -0.3 is 14.4 Å². The molecule has 14 heavy (non-hydrogen) atoms. The fraction of sp³-hybridized carbons (Fsp3) is 0.700. The average Bonchev–Trinajstić information content (AvgIpc) is 2.85. The van der Waals surface area contributed by atoms with Crippen LogP contribution < -0.4 is 0 Å². The second kappa shape index (κ2) is 4.57. The van der Waals surface area contributed by atoms with Crippen LogP contribution in [-0.4, -0.2) is 27.4 Å². The Morgan fingerprint density at radius 2 is 2.57 bits per heavy atom. The van der Waals surface area contributed by atoms with Crippen molar-refractivity contribution in [2.24, 2.45) is 0 Å². The molecule has 0 saturated carbocycles. The van der Waals surface area contributed by atoms with Crippen LogP contribution >= 0.6 is 0 Å². The first-order chi connectivity index (χ1) is 6.90. The van der Waals surface area contributed by atoms with Crippen LogP contribution in [0.25, 0.3) is 0 Å². The highest BCUT2D eigenvalue weighted by atomic mass is 16.5. The molecular formula is C10H16N2O2. The molecule has 2 heterocycles. The Morgan fingerprint density at radius 1 is 1.64 bits per heavy atom. The molecule has 1 N–H and O–H groups in total. The van der Waals surface area contributed by atoms with Gasteiger partial charge in [0.1, 0.15) is 0 Å². The van der Waals surface area contributed by atoms with Gasteiger partial charge in [-0.1, -0.05) is 0 Å². The molecule has 0 bridgehead atoms. The van der Waals surface area contributed by atoms with Gasteiger partial charge in [-0.05, 0) is 19.3 Å². The highest BCUT2D eigenvalue weighted by molar-refractivity contribution is 4.95. The van der Waals surface area contributed by atoms with Crippen molar-refractivity contribution in [1.29, 1.82) is 0 Å². The van der Waals surface area contributed by atoms with Crippen molar-refractivity contribution in [3.63, 3.8) is 0 Å². The van der Waals surface area contributed by atoms with E-state index < -0.39 is 0 Å². The molecule has 1 aromatic rings. The van der Waals surface area contributed by atoms with Gasteiger partial charge in [-0.2, -0.15) is 0 Å². The van der Waals surface area contributed by atoms with Gasteiger partial charge >= 0.3 is 0 Å². The Bertz CT molecular complexity index is 279. The molecule has 1 saturated heterocycles. The number of hydrogen-bond donors (Lipinski definition) is 1. The van der Waals surface area contributed by atoms with Crippen molar-refractivity contribution in [2.45, 2.75) is 38.5 Å². The molecule has 0 radical (unpaired) electrons. The van der Waals surface area contributed by atoms with Gasteiger partial charge in [0.05, 0.1) is 30.9 Å². The number of aliphatic hydroxyl groups excluding tert-OH is 1. The third-order valence-corrected chi connectivity index (χ3v) is 2.68. The first-order valence-corrected chi connectivity index (χ1v) is 5.11. The van der Waals surface area contributed by atoms with E-state index in [0.29, 0.717) is 6.10 Å². The minimum Gasteiger partial charge on any atom is -0.390 e. The summed E-state index contributed by atoms with van der Waals surface area (Å²) in [5.41, 5.74) is 0.878. The minimum absolute atomic E-state index is 0.0610. The molecule has 1 unspecified atom stereocenters. The zero-order valence-corrected chi connectivity index (χ0v) is 8.22. The van der Waals surface area contributed by atoms with Crippen LogP contribution in [0.5, 0.6) is 0 Å². The number of ether oxygens (including phenoxy) is 1. The first kappa shape index (κ1) is 9.68. The van der Waals surface area contributed by atoms with Crippen molar-refractivity contribution in [3.05, 3.63) is 18.2 Å². The maximum atomic E-state index is 9.01.